The van der Waals surface area contributed by atoms with Crippen LogP contribution in [0.5, 0.6) is 0 Å². The Labute approximate surface area is 110 Å². The number of rotatable bonds is 4. The van der Waals surface area contributed by atoms with E-state index < -0.39 is 0 Å². The van der Waals surface area contributed by atoms with Gasteiger partial charge in [0.15, 0.2) is 0 Å². The first kappa shape index (κ1) is 14.2. The highest BCUT2D eigenvalue weighted by atomic mass is 16.5. The molecule has 106 valence electrons. The molecule has 5 nitrogen and oxygen atoms in total. The van der Waals surface area contributed by atoms with E-state index in [1.807, 2.05) is 0 Å². The summed E-state index contributed by atoms with van der Waals surface area (Å²) in [5.41, 5.74) is 0.0939. The fraction of sp³-hybridized carbons (Fsp3) is 1.00. The summed E-state index contributed by atoms with van der Waals surface area (Å²) < 4.78 is 5.36. The van der Waals surface area contributed by atoms with Gasteiger partial charge < -0.3 is 15.2 Å². The second-order valence-corrected chi connectivity index (χ2v) is 6.10. The van der Waals surface area contributed by atoms with Crippen molar-refractivity contribution in [1.29, 1.82) is 0 Å². The Bertz CT molecular complexity index is 255. The predicted molar refractivity (Wildman–Crippen MR) is 71.8 cm³/mol. The standard InChI is InChI=1S/C13H27N3O2/c1-13(2)11-16(9-12(10-17)14-13)4-3-15-5-7-18-8-6-15/h12,14,17H,3-11H2,1-2H3. The van der Waals surface area contributed by atoms with Gasteiger partial charge in [0.05, 0.1) is 19.8 Å². The van der Waals surface area contributed by atoms with Crippen LogP contribution in [0, 0.1) is 0 Å². The van der Waals surface area contributed by atoms with Crippen LogP contribution in [0.1, 0.15) is 13.8 Å². The van der Waals surface area contributed by atoms with Crippen LogP contribution >= 0.6 is 0 Å². The second kappa shape index (κ2) is 6.30. The maximum absolute atomic E-state index is 9.34. The lowest BCUT2D eigenvalue weighted by Gasteiger charge is -2.44. The maximum Gasteiger partial charge on any atom is 0.0597 e. The van der Waals surface area contributed by atoms with E-state index in [9.17, 15) is 5.11 Å². The molecule has 0 aromatic rings. The van der Waals surface area contributed by atoms with Crippen LogP contribution in [-0.4, -0.2) is 85.6 Å². The molecule has 0 spiro atoms. The van der Waals surface area contributed by atoms with Gasteiger partial charge in [0.1, 0.15) is 0 Å². The van der Waals surface area contributed by atoms with Gasteiger partial charge in [0.25, 0.3) is 0 Å². The van der Waals surface area contributed by atoms with Gasteiger partial charge >= 0.3 is 0 Å². The van der Waals surface area contributed by atoms with Crippen LogP contribution < -0.4 is 5.32 Å². The molecule has 0 aliphatic carbocycles. The number of aliphatic hydroxyl groups excluding tert-OH is 1. The number of hydrogen-bond donors (Lipinski definition) is 2. The van der Waals surface area contributed by atoms with Crippen molar-refractivity contribution in [2.45, 2.75) is 25.4 Å². The van der Waals surface area contributed by atoms with Crippen molar-refractivity contribution < 1.29 is 9.84 Å². The highest BCUT2D eigenvalue weighted by molar-refractivity contribution is 4.92. The van der Waals surface area contributed by atoms with Gasteiger partial charge in [-0.25, -0.2) is 0 Å². The smallest absolute Gasteiger partial charge is 0.0597 e. The summed E-state index contributed by atoms with van der Waals surface area (Å²) in [5, 5.41) is 12.8. The monoisotopic (exact) mass is 257 g/mol. The SMILES string of the molecule is CC1(C)CN(CCN2CCOCC2)CC(CO)N1. The summed E-state index contributed by atoms with van der Waals surface area (Å²) in [6, 6.07) is 0.207. The molecule has 2 heterocycles. The number of nitrogens with one attached hydrogen (secondary N) is 1. The molecule has 2 saturated heterocycles. The molecule has 0 bridgehead atoms. The molecule has 2 aliphatic rings. The zero-order valence-corrected chi connectivity index (χ0v) is 11.7. The number of nitrogens with zero attached hydrogens (tertiary/aromatic N) is 2. The molecule has 0 amide bonds. The summed E-state index contributed by atoms with van der Waals surface area (Å²) in [6.45, 7) is 12.7. The molecule has 2 N–H and O–H groups in total. The highest BCUT2D eigenvalue weighted by Crippen LogP contribution is 2.13. The van der Waals surface area contributed by atoms with E-state index in [0.29, 0.717) is 0 Å². The van der Waals surface area contributed by atoms with E-state index in [0.717, 1.165) is 52.5 Å². The summed E-state index contributed by atoms with van der Waals surface area (Å²) >= 11 is 0. The quantitative estimate of drug-likeness (QED) is 0.702. The molecular weight excluding hydrogens is 230 g/mol. The molecule has 1 atom stereocenters. The highest BCUT2D eigenvalue weighted by Gasteiger charge is 2.31. The fourth-order valence-corrected chi connectivity index (χ4v) is 2.96. The van der Waals surface area contributed by atoms with Gasteiger partial charge in [-0.3, -0.25) is 9.80 Å². The average Bonchev–Trinajstić information content (AvgIpc) is 2.36. The number of ether oxygens (including phenoxy) is 1. The van der Waals surface area contributed by atoms with Crippen molar-refractivity contribution in [2.24, 2.45) is 0 Å². The summed E-state index contributed by atoms with van der Waals surface area (Å²) in [5.74, 6) is 0. The van der Waals surface area contributed by atoms with Crippen molar-refractivity contribution >= 4 is 0 Å². The summed E-state index contributed by atoms with van der Waals surface area (Å²) in [7, 11) is 0. The van der Waals surface area contributed by atoms with Crippen molar-refractivity contribution in [2.75, 3.05) is 59.1 Å². The first-order valence-electron chi connectivity index (χ1n) is 7.00. The average molecular weight is 257 g/mol. The molecule has 18 heavy (non-hydrogen) atoms. The zero-order chi connectivity index (χ0) is 13.0. The number of aliphatic hydroxyl groups is 1. The van der Waals surface area contributed by atoms with E-state index in [4.69, 9.17) is 4.74 Å². The fourth-order valence-electron chi connectivity index (χ4n) is 2.96. The first-order valence-corrected chi connectivity index (χ1v) is 7.00. The third-order valence-corrected chi connectivity index (χ3v) is 3.75. The first-order chi connectivity index (χ1) is 8.59. The maximum atomic E-state index is 9.34. The van der Waals surface area contributed by atoms with E-state index in [1.54, 1.807) is 0 Å². The molecule has 1 unspecified atom stereocenters. The van der Waals surface area contributed by atoms with Crippen molar-refractivity contribution in [3.63, 3.8) is 0 Å². The topological polar surface area (TPSA) is 48.0 Å². The molecule has 0 aromatic carbocycles. The van der Waals surface area contributed by atoms with E-state index >= 15 is 0 Å². The van der Waals surface area contributed by atoms with Gasteiger partial charge in [0.2, 0.25) is 0 Å². The lowest BCUT2D eigenvalue weighted by Crippen LogP contribution is -2.63. The zero-order valence-electron chi connectivity index (χ0n) is 11.7. The summed E-state index contributed by atoms with van der Waals surface area (Å²) in [4.78, 5) is 4.93. The number of piperazine rings is 1. The Morgan fingerprint density at radius 1 is 1.22 bits per heavy atom. The van der Waals surface area contributed by atoms with E-state index in [1.165, 1.54) is 0 Å². The Balaban J connectivity index is 1.77. The molecule has 5 heteroatoms. The van der Waals surface area contributed by atoms with Crippen molar-refractivity contribution in [3.05, 3.63) is 0 Å². The number of hydrogen-bond acceptors (Lipinski definition) is 5. The van der Waals surface area contributed by atoms with E-state index in [-0.39, 0.29) is 18.2 Å². The predicted octanol–water partition coefficient (Wildman–Crippen LogP) is -0.637. The second-order valence-electron chi connectivity index (χ2n) is 6.10. The third kappa shape index (κ3) is 4.17. The van der Waals surface area contributed by atoms with Crippen LogP contribution in [-0.2, 0) is 4.74 Å². The lowest BCUT2D eigenvalue weighted by atomic mass is 9.99. The van der Waals surface area contributed by atoms with Crippen LogP contribution in [0.4, 0.5) is 0 Å². The lowest BCUT2D eigenvalue weighted by molar-refractivity contribution is 0.0254. The molecular formula is C13H27N3O2. The Kier molecular flexibility index (Phi) is 4.98. The van der Waals surface area contributed by atoms with Crippen LogP contribution in [0.3, 0.4) is 0 Å². The van der Waals surface area contributed by atoms with Gasteiger partial charge in [-0.1, -0.05) is 0 Å². The van der Waals surface area contributed by atoms with E-state index in [2.05, 4.69) is 29.0 Å². The molecule has 2 aliphatic heterocycles. The van der Waals surface area contributed by atoms with Crippen molar-refractivity contribution in [3.8, 4) is 0 Å². The van der Waals surface area contributed by atoms with Gasteiger partial charge in [-0.05, 0) is 13.8 Å². The molecule has 2 fully saturated rings. The Hall–Kier alpha value is -0.200. The molecule has 0 saturated carbocycles. The van der Waals surface area contributed by atoms with Gasteiger partial charge in [-0.15, -0.1) is 0 Å². The number of morpholine rings is 1. The minimum atomic E-state index is 0.0939. The van der Waals surface area contributed by atoms with Crippen LogP contribution in [0.15, 0.2) is 0 Å². The minimum absolute atomic E-state index is 0.0939. The molecule has 0 aromatic heterocycles. The molecule has 0 radical (unpaired) electrons. The minimum Gasteiger partial charge on any atom is -0.395 e. The van der Waals surface area contributed by atoms with Gasteiger partial charge in [-0.2, -0.15) is 0 Å². The van der Waals surface area contributed by atoms with Crippen LogP contribution in [0.25, 0.3) is 0 Å². The Morgan fingerprint density at radius 3 is 2.56 bits per heavy atom. The van der Waals surface area contributed by atoms with Crippen LogP contribution in [0.2, 0.25) is 0 Å². The largest absolute Gasteiger partial charge is 0.395 e. The van der Waals surface area contributed by atoms with Gasteiger partial charge in [0, 0.05) is 50.8 Å². The normalized spacial score (nSPS) is 30.5. The summed E-state index contributed by atoms with van der Waals surface area (Å²) in [6.07, 6.45) is 0. The molecule has 2 rings (SSSR count). The third-order valence-electron chi connectivity index (χ3n) is 3.75. The Morgan fingerprint density at radius 2 is 1.89 bits per heavy atom. The van der Waals surface area contributed by atoms with Crippen molar-refractivity contribution in [1.82, 2.24) is 15.1 Å².